The van der Waals surface area contributed by atoms with E-state index in [1.165, 1.54) is 12.1 Å². The molecule has 2 aromatic carbocycles. The van der Waals surface area contributed by atoms with Crippen LogP contribution < -0.4 is 16.0 Å². The first-order valence-corrected chi connectivity index (χ1v) is 7.56. The van der Waals surface area contributed by atoms with Gasteiger partial charge in [-0.25, -0.2) is 4.39 Å². The van der Waals surface area contributed by atoms with Crippen molar-refractivity contribution >= 4 is 15.9 Å². The quantitative estimate of drug-likeness (QED) is 0.615. The van der Waals surface area contributed by atoms with Crippen LogP contribution in [0.25, 0.3) is 0 Å². The number of ether oxygens (including phenoxy) is 1. The zero-order valence-electron chi connectivity index (χ0n) is 11.8. The number of rotatable bonds is 6. The van der Waals surface area contributed by atoms with E-state index in [-0.39, 0.29) is 11.9 Å². The molecule has 112 valence electrons. The van der Waals surface area contributed by atoms with Crippen LogP contribution in [0.4, 0.5) is 4.39 Å². The van der Waals surface area contributed by atoms with Gasteiger partial charge in [-0.1, -0.05) is 40.2 Å². The van der Waals surface area contributed by atoms with E-state index < -0.39 is 0 Å². The smallest absolute Gasteiger partial charge is 0.124 e. The summed E-state index contributed by atoms with van der Waals surface area (Å²) in [5, 5.41) is 0. The second kappa shape index (κ2) is 7.54. The lowest BCUT2D eigenvalue weighted by molar-refractivity contribution is 0.331. The fourth-order valence-electron chi connectivity index (χ4n) is 2.22. The Morgan fingerprint density at radius 3 is 2.71 bits per heavy atom. The SMILES string of the molecule is CCOc1ccccc1C(Cc1ccc(F)cc1Br)NN. The highest BCUT2D eigenvalue weighted by molar-refractivity contribution is 9.10. The number of hydrazine groups is 1. The van der Waals surface area contributed by atoms with E-state index in [2.05, 4.69) is 21.4 Å². The van der Waals surface area contributed by atoms with Gasteiger partial charge >= 0.3 is 0 Å². The first kappa shape index (κ1) is 15.9. The molecule has 0 aliphatic heterocycles. The molecule has 5 heteroatoms. The predicted octanol–water partition coefficient (Wildman–Crippen LogP) is 3.73. The van der Waals surface area contributed by atoms with Gasteiger partial charge in [0.25, 0.3) is 0 Å². The van der Waals surface area contributed by atoms with E-state index in [1.807, 2.05) is 31.2 Å². The Balaban J connectivity index is 2.27. The molecule has 1 atom stereocenters. The standard InChI is InChI=1S/C16H18BrFN2O/c1-2-21-16-6-4-3-5-13(16)15(20-19)9-11-7-8-12(18)10-14(11)17/h3-8,10,15,20H,2,9,19H2,1H3. The van der Waals surface area contributed by atoms with E-state index in [0.29, 0.717) is 13.0 Å². The van der Waals surface area contributed by atoms with Crippen molar-refractivity contribution in [3.8, 4) is 5.75 Å². The van der Waals surface area contributed by atoms with Crippen LogP contribution in [0, 0.1) is 5.82 Å². The maximum absolute atomic E-state index is 13.2. The minimum Gasteiger partial charge on any atom is -0.494 e. The summed E-state index contributed by atoms with van der Waals surface area (Å²) in [5.74, 6) is 6.24. The third kappa shape index (κ3) is 4.03. The van der Waals surface area contributed by atoms with Gasteiger partial charge in [-0.2, -0.15) is 0 Å². The van der Waals surface area contributed by atoms with Gasteiger partial charge in [0.15, 0.2) is 0 Å². The zero-order valence-corrected chi connectivity index (χ0v) is 13.4. The predicted molar refractivity (Wildman–Crippen MR) is 85.5 cm³/mol. The number of hydrogen-bond donors (Lipinski definition) is 2. The second-order valence-corrected chi connectivity index (χ2v) is 5.48. The first-order chi connectivity index (χ1) is 10.2. The number of nitrogens with one attached hydrogen (secondary N) is 1. The van der Waals surface area contributed by atoms with Crippen LogP contribution in [-0.4, -0.2) is 6.61 Å². The molecule has 0 bridgehead atoms. The van der Waals surface area contributed by atoms with Crippen LogP contribution in [0.15, 0.2) is 46.9 Å². The first-order valence-electron chi connectivity index (χ1n) is 6.77. The molecule has 21 heavy (non-hydrogen) atoms. The number of nitrogens with two attached hydrogens (primary N) is 1. The Bertz CT molecular complexity index is 607. The van der Waals surface area contributed by atoms with Crippen molar-refractivity contribution in [2.45, 2.75) is 19.4 Å². The Morgan fingerprint density at radius 1 is 1.29 bits per heavy atom. The molecule has 0 heterocycles. The van der Waals surface area contributed by atoms with Crippen LogP contribution in [0.2, 0.25) is 0 Å². The summed E-state index contributed by atoms with van der Waals surface area (Å²) >= 11 is 3.39. The van der Waals surface area contributed by atoms with Crippen LogP contribution >= 0.6 is 15.9 Å². The van der Waals surface area contributed by atoms with Crippen LogP contribution in [0.3, 0.4) is 0 Å². The molecule has 0 aromatic heterocycles. The number of hydrogen-bond acceptors (Lipinski definition) is 3. The molecule has 0 saturated carbocycles. The van der Waals surface area contributed by atoms with Crippen molar-refractivity contribution in [2.75, 3.05) is 6.61 Å². The third-order valence-electron chi connectivity index (χ3n) is 3.23. The summed E-state index contributed by atoms with van der Waals surface area (Å²) in [4.78, 5) is 0. The molecular weight excluding hydrogens is 335 g/mol. The molecule has 0 saturated heterocycles. The number of halogens is 2. The molecule has 0 radical (unpaired) electrons. The highest BCUT2D eigenvalue weighted by Gasteiger charge is 2.16. The average molecular weight is 353 g/mol. The summed E-state index contributed by atoms with van der Waals surface area (Å²) in [6, 6.07) is 12.3. The van der Waals surface area contributed by atoms with Crippen molar-refractivity contribution in [3.05, 3.63) is 63.9 Å². The molecule has 2 aromatic rings. The van der Waals surface area contributed by atoms with E-state index >= 15 is 0 Å². The minimum atomic E-state index is -0.266. The summed E-state index contributed by atoms with van der Waals surface area (Å²) in [6.45, 7) is 2.53. The van der Waals surface area contributed by atoms with Gasteiger partial charge in [0.2, 0.25) is 0 Å². The highest BCUT2D eigenvalue weighted by Crippen LogP contribution is 2.29. The lowest BCUT2D eigenvalue weighted by Crippen LogP contribution is -2.30. The van der Waals surface area contributed by atoms with Crippen LogP contribution in [0.1, 0.15) is 24.1 Å². The molecule has 0 fully saturated rings. The fourth-order valence-corrected chi connectivity index (χ4v) is 2.73. The summed E-state index contributed by atoms with van der Waals surface area (Å²) in [5.41, 5.74) is 4.77. The Kier molecular flexibility index (Phi) is 5.73. The van der Waals surface area contributed by atoms with E-state index in [4.69, 9.17) is 10.6 Å². The number of para-hydroxylation sites is 1. The Morgan fingerprint density at radius 2 is 2.05 bits per heavy atom. The van der Waals surface area contributed by atoms with Crippen molar-refractivity contribution in [2.24, 2.45) is 5.84 Å². The van der Waals surface area contributed by atoms with E-state index in [1.54, 1.807) is 6.07 Å². The lowest BCUT2D eigenvalue weighted by Gasteiger charge is -2.20. The Hall–Kier alpha value is -1.43. The van der Waals surface area contributed by atoms with Crippen molar-refractivity contribution in [1.29, 1.82) is 0 Å². The van der Waals surface area contributed by atoms with Gasteiger partial charge in [-0.05, 0) is 37.1 Å². The molecule has 3 N–H and O–H groups in total. The van der Waals surface area contributed by atoms with Crippen LogP contribution in [-0.2, 0) is 6.42 Å². The molecular formula is C16H18BrFN2O. The van der Waals surface area contributed by atoms with Gasteiger partial charge in [-0.15, -0.1) is 0 Å². The molecule has 2 rings (SSSR count). The monoisotopic (exact) mass is 352 g/mol. The third-order valence-corrected chi connectivity index (χ3v) is 3.97. The van der Waals surface area contributed by atoms with Gasteiger partial charge in [0, 0.05) is 10.0 Å². The molecule has 1 unspecified atom stereocenters. The normalized spacial score (nSPS) is 12.2. The summed E-state index contributed by atoms with van der Waals surface area (Å²) in [7, 11) is 0. The van der Waals surface area contributed by atoms with Crippen molar-refractivity contribution in [3.63, 3.8) is 0 Å². The molecule has 0 spiro atoms. The topological polar surface area (TPSA) is 47.3 Å². The van der Waals surface area contributed by atoms with Gasteiger partial charge in [-0.3, -0.25) is 11.3 Å². The van der Waals surface area contributed by atoms with E-state index in [9.17, 15) is 4.39 Å². The Labute approximate surface area is 132 Å². The molecule has 0 aliphatic carbocycles. The van der Waals surface area contributed by atoms with Crippen molar-refractivity contribution < 1.29 is 9.13 Å². The highest BCUT2D eigenvalue weighted by atomic mass is 79.9. The van der Waals surface area contributed by atoms with E-state index in [0.717, 1.165) is 21.3 Å². The maximum Gasteiger partial charge on any atom is 0.124 e. The molecule has 0 aliphatic rings. The molecule has 3 nitrogen and oxygen atoms in total. The largest absolute Gasteiger partial charge is 0.494 e. The fraction of sp³-hybridized carbons (Fsp3) is 0.250. The van der Waals surface area contributed by atoms with Crippen LogP contribution in [0.5, 0.6) is 5.75 Å². The summed E-state index contributed by atoms with van der Waals surface area (Å²) < 4.78 is 19.5. The zero-order chi connectivity index (χ0) is 15.2. The van der Waals surface area contributed by atoms with Gasteiger partial charge < -0.3 is 4.74 Å². The van der Waals surface area contributed by atoms with Gasteiger partial charge in [0.1, 0.15) is 11.6 Å². The minimum absolute atomic E-state index is 0.116. The maximum atomic E-state index is 13.2. The average Bonchev–Trinajstić information content (AvgIpc) is 2.48. The van der Waals surface area contributed by atoms with Gasteiger partial charge in [0.05, 0.1) is 12.6 Å². The van der Waals surface area contributed by atoms with Crippen molar-refractivity contribution in [1.82, 2.24) is 5.43 Å². The lowest BCUT2D eigenvalue weighted by atomic mass is 9.98. The number of benzene rings is 2. The molecule has 0 amide bonds. The second-order valence-electron chi connectivity index (χ2n) is 4.63. The summed E-state index contributed by atoms with van der Waals surface area (Å²) in [6.07, 6.45) is 0.626.